The summed E-state index contributed by atoms with van der Waals surface area (Å²) >= 11 is 0. The van der Waals surface area contributed by atoms with Crippen LogP contribution in [0.4, 0.5) is 13.2 Å². The van der Waals surface area contributed by atoms with Gasteiger partial charge in [-0.1, -0.05) is 12.1 Å². The summed E-state index contributed by atoms with van der Waals surface area (Å²) in [6.07, 6.45) is -4.66. The summed E-state index contributed by atoms with van der Waals surface area (Å²) in [4.78, 5) is 4.25. The fraction of sp³-hybridized carbons (Fsp3) is 0.214. The van der Waals surface area contributed by atoms with Crippen molar-refractivity contribution in [2.45, 2.75) is 20.2 Å². The molecule has 2 nitrogen and oxygen atoms in total. The Labute approximate surface area is 108 Å². The molecule has 0 fully saturated rings. The summed E-state index contributed by atoms with van der Waals surface area (Å²) < 4.78 is 39.9. The third kappa shape index (κ3) is 3.71. The highest BCUT2D eigenvalue weighted by Gasteiger charge is 2.30. The molecule has 0 radical (unpaired) electrons. The Hall–Kier alpha value is -2.04. The number of nitrogens with zero attached hydrogens (tertiary/aromatic N) is 1. The number of ether oxygens (including phenoxy) is 1. The zero-order valence-corrected chi connectivity index (χ0v) is 10.5. The van der Waals surface area contributed by atoms with E-state index in [1.54, 1.807) is 12.1 Å². The molecule has 1 heterocycles. The van der Waals surface area contributed by atoms with Gasteiger partial charge in [-0.05, 0) is 49.2 Å². The van der Waals surface area contributed by atoms with Crippen LogP contribution >= 0.6 is 0 Å². The van der Waals surface area contributed by atoms with Gasteiger partial charge in [0, 0.05) is 11.4 Å². The molecular formula is C14H12F3NO. The minimum absolute atomic E-state index is 0.223. The molecule has 1 aromatic carbocycles. The van der Waals surface area contributed by atoms with Crippen molar-refractivity contribution < 1.29 is 17.9 Å². The maximum atomic E-state index is 12.0. The molecule has 0 amide bonds. The fourth-order valence-corrected chi connectivity index (χ4v) is 1.85. The Morgan fingerprint density at radius 1 is 0.895 bits per heavy atom. The first kappa shape index (κ1) is 13.4. The van der Waals surface area contributed by atoms with Gasteiger partial charge < -0.3 is 4.74 Å². The quantitative estimate of drug-likeness (QED) is 0.810. The van der Waals surface area contributed by atoms with Gasteiger partial charge in [0.25, 0.3) is 0 Å². The van der Waals surface area contributed by atoms with Gasteiger partial charge in [0.2, 0.25) is 0 Å². The summed E-state index contributed by atoms with van der Waals surface area (Å²) in [7, 11) is 0. The molecular weight excluding hydrogens is 255 g/mol. The van der Waals surface area contributed by atoms with Crippen molar-refractivity contribution in [2.75, 3.05) is 0 Å². The van der Waals surface area contributed by atoms with Gasteiger partial charge in [-0.2, -0.15) is 0 Å². The molecule has 0 unspecified atom stereocenters. The smallest absolute Gasteiger partial charge is 0.406 e. The molecule has 0 saturated heterocycles. The van der Waals surface area contributed by atoms with Crippen LogP contribution in [0.2, 0.25) is 0 Å². The van der Waals surface area contributed by atoms with E-state index in [9.17, 15) is 13.2 Å². The number of aromatic nitrogens is 1. The highest BCUT2D eigenvalue weighted by atomic mass is 19.4. The van der Waals surface area contributed by atoms with Crippen LogP contribution in [-0.2, 0) is 0 Å². The van der Waals surface area contributed by atoms with Crippen LogP contribution < -0.4 is 4.74 Å². The van der Waals surface area contributed by atoms with Crippen molar-refractivity contribution in [1.82, 2.24) is 4.98 Å². The Kier molecular flexibility index (Phi) is 3.46. The van der Waals surface area contributed by atoms with Gasteiger partial charge in [0.1, 0.15) is 5.75 Å². The van der Waals surface area contributed by atoms with E-state index in [2.05, 4.69) is 9.72 Å². The van der Waals surface area contributed by atoms with Crippen molar-refractivity contribution in [1.29, 1.82) is 0 Å². The Morgan fingerprint density at radius 3 is 1.89 bits per heavy atom. The molecule has 0 bridgehead atoms. The average molecular weight is 267 g/mol. The van der Waals surface area contributed by atoms with Crippen LogP contribution in [0.25, 0.3) is 11.1 Å². The Balaban J connectivity index is 2.27. The largest absolute Gasteiger partial charge is 0.573 e. The maximum absolute atomic E-state index is 12.0. The Bertz CT molecular complexity index is 556. The van der Waals surface area contributed by atoms with Gasteiger partial charge in [0.15, 0.2) is 0 Å². The topological polar surface area (TPSA) is 22.1 Å². The number of halogens is 3. The van der Waals surface area contributed by atoms with Crippen LogP contribution in [0.5, 0.6) is 5.75 Å². The number of alkyl halides is 3. The summed E-state index contributed by atoms with van der Waals surface area (Å²) in [5, 5.41) is 0. The number of pyridine rings is 1. The second-order valence-corrected chi connectivity index (χ2v) is 4.21. The van der Waals surface area contributed by atoms with Crippen molar-refractivity contribution in [3.8, 4) is 16.9 Å². The van der Waals surface area contributed by atoms with Crippen LogP contribution in [0.15, 0.2) is 36.4 Å². The maximum Gasteiger partial charge on any atom is 0.573 e. The van der Waals surface area contributed by atoms with E-state index in [1.807, 2.05) is 26.0 Å². The molecule has 0 aliphatic carbocycles. The molecule has 0 aliphatic heterocycles. The first-order chi connectivity index (χ1) is 8.83. The number of aryl methyl sites for hydroxylation is 2. The Morgan fingerprint density at radius 2 is 1.42 bits per heavy atom. The minimum atomic E-state index is -4.66. The molecule has 0 spiro atoms. The molecule has 0 atom stereocenters. The lowest BCUT2D eigenvalue weighted by Crippen LogP contribution is -2.16. The molecule has 0 saturated carbocycles. The van der Waals surface area contributed by atoms with E-state index < -0.39 is 6.36 Å². The lowest BCUT2D eigenvalue weighted by Gasteiger charge is -2.09. The summed E-state index contributed by atoms with van der Waals surface area (Å²) in [5.74, 6) is -0.223. The SMILES string of the molecule is Cc1cc(-c2ccc(OC(F)(F)F)cc2)cc(C)n1. The predicted molar refractivity (Wildman–Crippen MR) is 65.8 cm³/mol. The number of benzene rings is 1. The first-order valence-electron chi connectivity index (χ1n) is 5.65. The summed E-state index contributed by atoms with van der Waals surface area (Å²) in [6, 6.07) is 9.55. The van der Waals surface area contributed by atoms with Crippen molar-refractivity contribution in [3.63, 3.8) is 0 Å². The van der Waals surface area contributed by atoms with E-state index in [1.165, 1.54) is 12.1 Å². The predicted octanol–water partition coefficient (Wildman–Crippen LogP) is 4.26. The number of rotatable bonds is 2. The van der Waals surface area contributed by atoms with Crippen LogP contribution in [0.3, 0.4) is 0 Å². The van der Waals surface area contributed by atoms with Crippen LogP contribution in [0.1, 0.15) is 11.4 Å². The van der Waals surface area contributed by atoms with E-state index in [-0.39, 0.29) is 5.75 Å². The third-order valence-electron chi connectivity index (χ3n) is 2.50. The molecule has 2 aromatic rings. The second-order valence-electron chi connectivity index (χ2n) is 4.21. The van der Waals surface area contributed by atoms with Gasteiger partial charge in [0.05, 0.1) is 0 Å². The standard InChI is InChI=1S/C14H12F3NO/c1-9-7-12(8-10(2)18-9)11-3-5-13(6-4-11)19-14(15,16)17/h3-8H,1-2H3. The molecule has 100 valence electrons. The zero-order chi connectivity index (χ0) is 14.0. The minimum Gasteiger partial charge on any atom is -0.406 e. The van der Waals surface area contributed by atoms with E-state index in [0.717, 1.165) is 22.5 Å². The fourth-order valence-electron chi connectivity index (χ4n) is 1.85. The van der Waals surface area contributed by atoms with Gasteiger partial charge >= 0.3 is 6.36 Å². The van der Waals surface area contributed by atoms with Gasteiger partial charge in [-0.25, -0.2) is 0 Å². The van der Waals surface area contributed by atoms with Gasteiger partial charge in [-0.15, -0.1) is 13.2 Å². The van der Waals surface area contributed by atoms with Crippen LogP contribution in [0, 0.1) is 13.8 Å². The van der Waals surface area contributed by atoms with Crippen molar-refractivity contribution in [3.05, 3.63) is 47.8 Å². The van der Waals surface area contributed by atoms with Gasteiger partial charge in [-0.3, -0.25) is 4.98 Å². The first-order valence-corrected chi connectivity index (χ1v) is 5.65. The van der Waals surface area contributed by atoms with E-state index >= 15 is 0 Å². The average Bonchev–Trinajstić information content (AvgIpc) is 2.26. The highest BCUT2D eigenvalue weighted by Crippen LogP contribution is 2.26. The van der Waals surface area contributed by atoms with E-state index in [4.69, 9.17) is 0 Å². The molecule has 0 aliphatic rings. The number of hydrogen-bond donors (Lipinski definition) is 0. The normalized spacial score (nSPS) is 11.4. The molecule has 1 aromatic heterocycles. The highest BCUT2D eigenvalue weighted by molar-refractivity contribution is 5.64. The van der Waals surface area contributed by atoms with Crippen LogP contribution in [-0.4, -0.2) is 11.3 Å². The number of hydrogen-bond acceptors (Lipinski definition) is 2. The summed E-state index contributed by atoms with van der Waals surface area (Å²) in [5.41, 5.74) is 3.47. The van der Waals surface area contributed by atoms with E-state index in [0.29, 0.717) is 0 Å². The summed E-state index contributed by atoms with van der Waals surface area (Å²) in [6.45, 7) is 3.75. The second kappa shape index (κ2) is 4.91. The zero-order valence-electron chi connectivity index (χ0n) is 10.5. The lowest BCUT2D eigenvalue weighted by atomic mass is 10.1. The molecule has 19 heavy (non-hydrogen) atoms. The molecule has 5 heteroatoms. The van der Waals surface area contributed by atoms with Crippen molar-refractivity contribution >= 4 is 0 Å². The molecule has 0 N–H and O–H groups in total. The molecule has 2 rings (SSSR count). The monoisotopic (exact) mass is 267 g/mol. The third-order valence-corrected chi connectivity index (χ3v) is 2.50. The lowest BCUT2D eigenvalue weighted by molar-refractivity contribution is -0.274. The van der Waals surface area contributed by atoms with Crippen molar-refractivity contribution in [2.24, 2.45) is 0 Å².